The fourth-order valence-corrected chi connectivity index (χ4v) is 4.65. The number of aromatic carboxylic acids is 2. The minimum absolute atomic E-state index is 0. The molecular weight excluding hydrogens is 590 g/mol. The summed E-state index contributed by atoms with van der Waals surface area (Å²) in [7, 11) is 0. The van der Waals surface area contributed by atoms with Crippen LogP contribution in [0.25, 0.3) is 0 Å². The zero-order chi connectivity index (χ0) is 21.8. The number of carbonyl (C=O) groups is 2. The molecule has 0 aliphatic rings. The van der Waals surface area contributed by atoms with Crippen molar-refractivity contribution in [3.63, 3.8) is 0 Å². The van der Waals surface area contributed by atoms with Crippen LogP contribution in [0.3, 0.4) is 0 Å². The summed E-state index contributed by atoms with van der Waals surface area (Å²) in [6, 6.07) is 5.19. The molecular formula is C16H12Br2Na2O8S2. The van der Waals surface area contributed by atoms with Crippen molar-refractivity contribution in [2.45, 2.75) is 23.6 Å². The molecule has 0 aliphatic carbocycles. The number of hydrogen-bond donors (Lipinski definition) is 2. The molecule has 2 unspecified atom stereocenters. The summed E-state index contributed by atoms with van der Waals surface area (Å²) < 4.78 is 40.0. The van der Waals surface area contributed by atoms with E-state index in [0.717, 1.165) is 12.1 Å². The van der Waals surface area contributed by atoms with Gasteiger partial charge in [0.25, 0.3) is 0 Å². The van der Waals surface area contributed by atoms with E-state index in [1.165, 1.54) is 12.1 Å². The number of carbonyl (C=O) groups excluding carboxylic acids is 2. The molecule has 0 bridgehead atoms. The summed E-state index contributed by atoms with van der Waals surface area (Å²) in [5.74, 6) is -2.72. The maximum absolute atomic E-state index is 10.8. The largest absolute Gasteiger partial charge is 1.00 e. The molecule has 0 aromatic heterocycles. The number of aryl methyl sites for hydroxylation is 2. The fraction of sp³-hybridized carbons (Fsp3) is 0.125. The van der Waals surface area contributed by atoms with Gasteiger partial charge in [-0.3, -0.25) is 0 Å². The average Bonchev–Trinajstić information content (AvgIpc) is 2.53. The van der Waals surface area contributed by atoms with E-state index >= 15 is 0 Å². The van der Waals surface area contributed by atoms with Crippen molar-refractivity contribution in [3.8, 4) is 0 Å². The van der Waals surface area contributed by atoms with Crippen molar-refractivity contribution in [1.29, 1.82) is 0 Å². The molecule has 0 saturated carbocycles. The molecule has 0 spiro atoms. The monoisotopic (exact) mass is 600 g/mol. The van der Waals surface area contributed by atoms with Crippen molar-refractivity contribution >= 4 is 66.0 Å². The van der Waals surface area contributed by atoms with Gasteiger partial charge in [-0.25, -0.2) is 8.42 Å². The molecule has 0 amide bonds. The van der Waals surface area contributed by atoms with E-state index in [0.29, 0.717) is 20.1 Å². The molecule has 152 valence electrons. The van der Waals surface area contributed by atoms with Gasteiger partial charge in [0.15, 0.2) is 22.2 Å². The Morgan fingerprint density at radius 2 is 1.03 bits per heavy atom. The summed E-state index contributed by atoms with van der Waals surface area (Å²) in [6.07, 6.45) is 0. The normalized spacial score (nSPS) is 11.7. The van der Waals surface area contributed by atoms with Gasteiger partial charge in [-0.15, -0.1) is 0 Å². The van der Waals surface area contributed by atoms with Gasteiger partial charge >= 0.3 is 59.1 Å². The van der Waals surface area contributed by atoms with Gasteiger partial charge in [-0.05, 0) is 81.1 Å². The van der Waals surface area contributed by atoms with Crippen molar-refractivity contribution in [2.24, 2.45) is 0 Å². The Kier molecular flexibility index (Phi) is 16.0. The Hall–Kier alpha value is 0.560. The minimum Gasteiger partial charge on any atom is -0.545 e. The van der Waals surface area contributed by atoms with Gasteiger partial charge in [0, 0.05) is 20.1 Å². The zero-order valence-electron chi connectivity index (χ0n) is 16.2. The van der Waals surface area contributed by atoms with Crippen molar-refractivity contribution < 1.29 is 96.4 Å². The molecule has 2 atom stereocenters. The molecule has 0 saturated heterocycles. The molecule has 2 aromatic rings. The third kappa shape index (κ3) is 9.20. The first-order valence-electron chi connectivity index (χ1n) is 7.11. The second-order valence-electron chi connectivity index (χ2n) is 5.27. The molecule has 2 rings (SSSR count). The molecule has 0 aliphatic heterocycles. The Labute approximate surface area is 238 Å². The van der Waals surface area contributed by atoms with E-state index in [1.54, 1.807) is 13.8 Å². The van der Waals surface area contributed by atoms with E-state index < -0.39 is 34.1 Å². The predicted molar refractivity (Wildman–Crippen MR) is 104 cm³/mol. The first-order valence-corrected chi connectivity index (χ1v) is 10.9. The number of halogens is 2. The molecule has 0 heterocycles. The van der Waals surface area contributed by atoms with Crippen molar-refractivity contribution in [3.05, 3.63) is 55.5 Å². The summed E-state index contributed by atoms with van der Waals surface area (Å²) in [5.41, 5.74) is 0.799. The maximum atomic E-state index is 10.8. The number of hydrogen-bond acceptors (Lipinski definition) is 6. The summed E-state index contributed by atoms with van der Waals surface area (Å²) in [5, 5.41) is 21.2. The summed E-state index contributed by atoms with van der Waals surface area (Å²) >= 11 is 1.70. The van der Waals surface area contributed by atoms with E-state index in [-0.39, 0.29) is 80.0 Å². The first kappa shape index (κ1) is 32.7. The quantitative estimate of drug-likeness (QED) is 0.262. The maximum Gasteiger partial charge on any atom is 1.00 e. The Bertz CT molecular complexity index is 852. The summed E-state index contributed by atoms with van der Waals surface area (Å²) in [6.45, 7) is 3.17. The van der Waals surface area contributed by atoms with Gasteiger partial charge < -0.3 is 28.9 Å². The van der Waals surface area contributed by atoms with E-state index in [1.807, 2.05) is 0 Å². The van der Waals surface area contributed by atoms with Crippen LogP contribution in [0.15, 0.2) is 43.0 Å². The number of rotatable bonds is 4. The van der Waals surface area contributed by atoms with Gasteiger partial charge in [0.2, 0.25) is 0 Å². The van der Waals surface area contributed by atoms with Gasteiger partial charge in [-0.2, -0.15) is 0 Å². The molecule has 2 aromatic carbocycles. The molecule has 0 radical (unpaired) electrons. The molecule has 8 nitrogen and oxygen atoms in total. The van der Waals surface area contributed by atoms with Crippen LogP contribution in [0.4, 0.5) is 0 Å². The van der Waals surface area contributed by atoms with Crippen molar-refractivity contribution in [2.75, 3.05) is 0 Å². The van der Waals surface area contributed by atoms with Gasteiger partial charge in [0.05, 0.1) is 21.7 Å². The molecule has 2 N–H and O–H groups in total. The smallest absolute Gasteiger partial charge is 0.545 e. The Balaban J connectivity index is 0. The third-order valence-electron chi connectivity index (χ3n) is 3.37. The first-order chi connectivity index (χ1) is 12.9. The van der Waals surface area contributed by atoms with Crippen molar-refractivity contribution in [1.82, 2.24) is 0 Å². The standard InChI is InChI=1S/2C8H7BrO4S.2Na/c2*1-4-2-6(9)7(14(12)13)3-5(4)8(10)11;;/h2*2-3H,1H3,(H,10,11)(H,12,13);;/q;;2*+1/p-2. The van der Waals surface area contributed by atoms with E-state index in [4.69, 9.17) is 9.11 Å². The third-order valence-corrected chi connectivity index (χ3v) is 6.64. The second kappa shape index (κ2) is 14.7. The fourth-order valence-electron chi connectivity index (χ4n) is 2.01. The van der Waals surface area contributed by atoms with Crippen LogP contribution in [0.2, 0.25) is 0 Å². The topological polar surface area (TPSA) is 155 Å². The average molecular weight is 602 g/mol. The minimum atomic E-state index is -2.21. The van der Waals surface area contributed by atoms with E-state index in [2.05, 4.69) is 31.9 Å². The van der Waals surface area contributed by atoms with E-state index in [9.17, 15) is 28.2 Å². The number of carboxylic acids is 2. The zero-order valence-corrected chi connectivity index (χ0v) is 25.0. The van der Waals surface area contributed by atoms with Crippen LogP contribution in [-0.2, 0) is 22.2 Å². The van der Waals surface area contributed by atoms with Gasteiger partial charge in [-0.1, -0.05) is 0 Å². The van der Waals surface area contributed by atoms with Crippen LogP contribution in [0.5, 0.6) is 0 Å². The van der Waals surface area contributed by atoms with Gasteiger partial charge in [0.1, 0.15) is 0 Å². The molecule has 30 heavy (non-hydrogen) atoms. The van der Waals surface area contributed by atoms with Crippen LogP contribution in [-0.4, -0.2) is 29.5 Å². The predicted octanol–water partition coefficient (Wildman–Crippen LogP) is -4.59. The Morgan fingerprint density at radius 3 is 1.23 bits per heavy atom. The van der Waals surface area contributed by atoms with Crippen LogP contribution >= 0.6 is 31.9 Å². The molecule has 14 heteroatoms. The van der Waals surface area contributed by atoms with Crippen LogP contribution in [0, 0.1) is 13.8 Å². The summed E-state index contributed by atoms with van der Waals surface area (Å²) in [4.78, 5) is 21.2. The SMILES string of the molecule is Cc1cc(Br)c(S(=O)O)cc1C(=O)[O-].Cc1cc(Br)c(S(=O)O)cc1C(=O)[O-].[Na+].[Na+]. The second-order valence-corrected chi connectivity index (χ2v) is 8.85. The van der Waals surface area contributed by atoms with Crippen LogP contribution in [0.1, 0.15) is 31.8 Å². The van der Waals surface area contributed by atoms with Crippen LogP contribution < -0.4 is 69.3 Å². The number of carboxylic acid groups (broad SMARTS) is 2. The Morgan fingerprint density at radius 1 is 0.767 bits per heavy atom. The molecule has 0 fully saturated rings. The number of benzene rings is 2.